The van der Waals surface area contributed by atoms with E-state index in [4.69, 9.17) is 9.26 Å². The highest BCUT2D eigenvalue weighted by Crippen LogP contribution is 2.33. The Kier molecular flexibility index (Phi) is 6.31. The minimum Gasteiger partial charge on any atom is -0.493 e. The van der Waals surface area contributed by atoms with Gasteiger partial charge in [0.1, 0.15) is 0 Å². The van der Waals surface area contributed by atoms with E-state index in [1.807, 2.05) is 29.2 Å². The SMILES string of the molecule is CNC(=O)[C@@H]1Cc2ccccc2CN1Cc1nc(-c2ccc(OC(F)F)c(OC)c2)no1. The van der Waals surface area contributed by atoms with Gasteiger partial charge < -0.3 is 19.3 Å². The summed E-state index contributed by atoms with van der Waals surface area (Å²) < 4.78 is 40.1. The quantitative estimate of drug-likeness (QED) is 0.599. The van der Waals surface area contributed by atoms with Crippen molar-refractivity contribution in [2.75, 3.05) is 14.2 Å². The second-order valence-electron chi connectivity index (χ2n) is 7.26. The summed E-state index contributed by atoms with van der Waals surface area (Å²) in [5.41, 5.74) is 2.80. The molecule has 2 heterocycles. The maximum absolute atomic E-state index is 12.5. The van der Waals surface area contributed by atoms with E-state index in [1.54, 1.807) is 13.1 Å². The van der Waals surface area contributed by atoms with E-state index in [0.717, 1.165) is 11.1 Å². The number of alkyl halides is 2. The fraction of sp³-hybridized carbons (Fsp3) is 0.318. The monoisotopic (exact) mass is 444 g/mol. The van der Waals surface area contributed by atoms with Gasteiger partial charge in [-0.2, -0.15) is 13.8 Å². The van der Waals surface area contributed by atoms with Gasteiger partial charge in [-0.05, 0) is 35.7 Å². The minimum atomic E-state index is -2.96. The van der Waals surface area contributed by atoms with Crippen LogP contribution >= 0.6 is 0 Å². The van der Waals surface area contributed by atoms with Crippen molar-refractivity contribution in [3.05, 3.63) is 59.5 Å². The van der Waals surface area contributed by atoms with Gasteiger partial charge in [-0.3, -0.25) is 9.69 Å². The largest absolute Gasteiger partial charge is 0.493 e. The number of halogens is 2. The molecule has 1 aliphatic heterocycles. The van der Waals surface area contributed by atoms with E-state index in [1.165, 1.54) is 19.2 Å². The van der Waals surface area contributed by atoms with Gasteiger partial charge in [-0.1, -0.05) is 29.4 Å². The molecule has 1 aromatic heterocycles. The fourth-order valence-electron chi connectivity index (χ4n) is 3.78. The van der Waals surface area contributed by atoms with Crippen molar-refractivity contribution in [3.8, 4) is 22.9 Å². The highest BCUT2D eigenvalue weighted by Gasteiger charge is 2.32. The summed E-state index contributed by atoms with van der Waals surface area (Å²) in [7, 11) is 2.97. The van der Waals surface area contributed by atoms with Crippen molar-refractivity contribution in [3.63, 3.8) is 0 Å². The first-order chi connectivity index (χ1) is 15.5. The molecule has 0 unspecified atom stereocenters. The van der Waals surface area contributed by atoms with E-state index >= 15 is 0 Å². The van der Waals surface area contributed by atoms with Crippen molar-refractivity contribution in [2.24, 2.45) is 0 Å². The molecular formula is C22H22F2N4O4. The molecule has 0 aliphatic carbocycles. The number of carbonyl (C=O) groups excluding carboxylic acids is 1. The van der Waals surface area contributed by atoms with Gasteiger partial charge in [0.2, 0.25) is 17.6 Å². The molecular weight excluding hydrogens is 422 g/mol. The van der Waals surface area contributed by atoms with Crippen LogP contribution in [0, 0.1) is 0 Å². The van der Waals surface area contributed by atoms with Crippen molar-refractivity contribution < 1.29 is 27.6 Å². The van der Waals surface area contributed by atoms with Crippen LogP contribution in [0.4, 0.5) is 8.78 Å². The predicted molar refractivity (Wildman–Crippen MR) is 110 cm³/mol. The van der Waals surface area contributed by atoms with Crippen LogP contribution in [-0.2, 0) is 24.3 Å². The van der Waals surface area contributed by atoms with Gasteiger partial charge in [-0.15, -0.1) is 0 Å². The number of likely N-dealkylation sites (N-methyl/N-ethyl adjacent to an activating group) is 1. The van der Waals surface area contributed by atoms with E-state index in [9.17, 15) is 13.6 Å². The maximum atomic E-state index is 12.5. The lowest BCUT2D eigenvalue weighted by Crippen LogP contribution is -2.49. The summed E-state index contributed by atoms with van der Waals surface area (Å²) in [5.74, 6) is 0.561. The first-order valence-corrected chi connectivity index (χ1v) is 9.96. The number of hydrogen-bond acceptors (Lipinski definition) is 7. The number of amides is 1. The molecule has 0 bridgehead atoms. The van der Waals surface area contributed by atoms with Gasteiger partial charge in [0.05, 0.1) is 19.7 Å². The molecule has 1 amide bonds. The Bertz CT molecular complexity index is 1110. The molecule has 10 heteroatoms. The third-order valence-electron chi connectivity index (χ3n) is 5.34. The zero-order valence-electron chi connectivity index (χ0n) is 17.5. The maximum Gasteiger partial charge on any atom is 0.387 e. The third-order valence-corrected chi connectivity index (χ3v) is 5.34. The van der Waals surface area contributed by atoms with E-state index < -0.39 is 6.61 Å². The van der Waals surface area contributed by atoms with E-state index in [-0.39, 0.29) is 35.8 Å². The molecule has 0 radical (unpaired) electrons. The van der Waals surface area contributed by atoms with Crippen LogP contribution < -0.4 is 14.8 Å². The van der Waals surface area contributed by atoms with Crippen molar-refractivity contribution in [1.82, 2.24) is 20.4 Å². The molecule has 8 nitrogen and oxygen atoms in total. The third kappa shape index (κ3) is 4.54. The molecule has 4 rings (SSSR count). The lowest BCUT2D eigenvalue weighted by atomic mass is 9.93. The Hall–Kier alpha value is -3.53. The average Bonchev–Trinajstić information content (AvgIpc) is 3.26. The molecule has 32 heavy (non-hydrogen) atoms. The first kappa shape index (κ1) is 21.7. The molecule has 0 spiro atoms. The van der Waals surface area contributed by atoms with Crippen LogP contribution in [0.15, 0.2) is 47.0 Å². The van der Waals surface area contributed by atoms with Crippen molar-refractivity contribution in [1.29, 1.82) is 0 Å². The fourth-order valence-corrected chi connectivity index (χ4v) is 3.78. The summed E-state index contributed by atoms with van der Waals surface area (Å²) in [5, 5.41) is 6.71. The molecule has 168 valence electrons. The zero-order chi connectivity index (χ0) is 22.7. The van der Waals surface area contributed by atoms with Crippen LogP contribution in [0.2, 0.25) is 0 Å². The van der Waals surface area contributed by atoms with Crippen LogP contribution in [0.1, 0.15) is 17.0 Å². The molecule has 1 atom stereocenters. The molecule has 2 aromatic carbocycles. The Labute approximate surface area is 183 Å². The molecule has 1 aliphatic rings. The normalized spacial score (nSPS) is 16.0. The van der Waals surface area contributed by atoms with E-state index in [2.05, 4.69) is 20.2 Å². The highest BCUT2D eigenvalue weighted by atomic mass is 19.3. The van der Waals surface area contributed by atoms with Gasteiger partial charge in [0.25, 0.3) is 0 Å². The number of ether oxygens (including phenoxy) is 2. The molecule has 3 aromatic rings. The number of methoxy groups -OCH3 is 1. The number of benzene rings is 2. The molecule has 0 saturated carbocycles. The highest BCUT2D eigenvalue weighted by molar-refractivity contribution is 5.82. The summed E-state index contributed by atoms with van der Waals surface area (Å²) >= 11 is 0. The summed E-state index contributed by atoms with van der Waals surface area (Å²) in [4.78, 5) is 18.9. The predicted octanol–water partition coefficient (Wildman–Crippen LogP) is 3.02. The standard InChI is InChI=1S/C22H22F2N4O4/c1-25-21(29)16-9-13-5-3-4-6-15(13)11-28(16)12-19-26-20(27-32-19)14-7-8-17(31-22(23)24)18(10-14)30-2/h3-8,10,16,22H,9,11-12H2,1-2H3,(H,25,29)/t16-/m0/s1. The first-order valence-electron chi connectivity index (χ1n) is 9.96. The van der Waals surface area contributed by atoms with E-state index in [0.29, 0.717) is 24.4 Å². The number of rotatable bonds is 7. The lowest BCUT2D eigenvalue weighted by molar-refractivity contribution is -0.127. The number of fused-ring (bicyclic) bond motifs is 1. The number of nitrogens with one attached hydrogen (secondary N) is 1. The number of carbonyl (C=O) groups is 1. The van der Waals surface area contributed by atoms with Crippen molar-refractivity contribution >= 4 is 5.91 Å². The second kappa shape index (κ2) is 9.31. The van der Waals surface area contributed by atoms with Gasteiger partial charge >= 0.3 is 6.61 Å². The Morgan fingerprint density at radius 3 is 2.75 bits per heavy atom. The molecule has 1 N–H and O–H groups in total. The van der Waals surface area contributed by atoms with Crippen LogP contribution in [0.3, 0.4) is 0 Å². The summed E-state index contributed by atoms with van der Waals surface area (Å²) in [6, 6.07) is 12.0. The van der Waals surface area contributed by atoms with Crippen LogP contribution in [-0.4, -0.2) is 47.8 Å². The second-order valence-corrected chi connectivity index (χ2v) is 7.26. The minimum absolute atomic E-state index is 0.0846. The lowest BCUT2D eigenvalue weighted by Gasteiger charge is -2.34. The Morgan fingerprint density at radius 2 is 2.03 bits per heavy atom. The summed E-state index contributed by atoms with van der Waals surface area (Å²) in [6.07, 6.45) is 0.583. The van der Waals surface area contributed by atoms with Gasteiger partial charge in [-0.25, -0.2) is 0 Å². The number of nitrogens with zero attached hydrogens (tertiary/aromatic N) is 3. The number of hydrogen-bond donors (Lipinski definition) is 1. The molecule has 0 fully saturated rings. The smallest absolute Gasteiger partial charge is 0.387 e. The number of aromatic nitrogens is 2. The van der Waals surface area contributed by atoms with Gasteiger partial charge in [0, 0.05) is 19.2 Å². The average molecular weight is 444 g/mol. The van der Waals surface area contributed by atoms with Crippen LogP contribution in [0.25, 0.3) is 11.4 Å². The molecule has 0 saturated heterocycles. The van der Waals surface area contributed by atoms with Crippen molar-refractivity contribution in [2.45, 2.75) is 32.2 Å². The Morgan fingerprint density at radius 1 is 1.25 bits per heavy atom. The summed E-state index contributed by atoms with van der Waals surface area (Å²) in [6.45, 7) is -2.11. The Balaban J connectivity index is 1.55. The zero-order valence-corrected chi connectivity index (χ0v) is 17.5. The van der Waals surface area contributed by atoms with Gasteiger partial charge in [0.15, 0.2) is 11.5 Å². The van der Waals surface area contributed by atoms with Crippen LogP contribution in [0.5, 0.6) is 11.5 Å². The topological polar surface area (TPSA) is 89.7 Å².